The van der Waals surface area contributed by atoms with Crippen LogP contribution in [-0.4, -0.2) is 72.2 Å². The lowest BCUT2D eigenvalue weighted by Gasteiger charge is -2.35. The lowest BCUT2D eigenvalue weighted by atomic mass is 10.2. The molecule has 0 atom stereocenters. The highest BCUT2D eigenvalue weighted by atomic mass is 16.1. The average Bonchev–Trinajstić information content (AvgIpc) is 3.19. The van der Waals surface area contributed by atoms with Crippen molar-refractivity contribution in [3.05, 3.63) is 65.0 Å². The van der Waals surface area contributed by atoms with E-state index in [4.69, 9.17) is 0 Å². The van der Waals surface area contributed by atoms with Crippen LogP contribution in [0.1, 0.15) is 5.82 Å². The Hall–Kier alpha value is -3.66. The Labute approximate surface area is 178 Å². The normalized spacial score (nSPS) is 14.9. The van der Waals surface area contributed by atoms with Gasteiger partial charge in [0.25, 0.3) is 5.56 Å². The fourth-order valence-electron chi connectivity index (χ4n) is 3.77. The molecular formula is C21H23N9O. The smallest absolute Gasteiger partial charge is 0.266 e. The first kappa shape index (κ1) is 19.3. The summed E-state index contributed by atoms with van der Waals surface area (Å²) in [5.41, 5.74) is 2.32. The third-order valence-electron chi connectivity index (χ3n) is 5.55. The van der Waals surface area contributed by atoms with Crippen LogP contribution < -0.4 is 10.5 Å². The minimum absolute atomic E-state index is 0.0897. The number of hydrogen-bond acceptors (Lipinski definition) is 8. The molecule has 4 aromatic heterocycles. The minimum Gasteiger partial charge on any atom is -0.353 e. The fourth-order valence-corrected chi connectivity index (χ4v) is 3.77. The molecule has 0 bridgehead atoms. The van der Waals surface area contributed by atoms with Crippen molar-refractivity contribution < 1.29 is 0 Å². The quantitative estimate of drug-likeness (QED) is 0.472. The van der Waals surface area contributed by atoms with Crippen LogP contribution in [0.5, 0.6) is 0 Å². The number of anilines is 1. The summed E-state index contributed by atoms with van der Waals surface area (Å²) in [4.78, 5) is 21.0. The van der Waals surface area contributed by atoms with Crippen molar-refractivity contribution >= 4 is 11.5 Å². The van der Waals surface area contributed by atoms with Crippen molar-refractivity contribution in [3.63, 3.8) is 0 Å². The van der Waals surface area contributed by atoms with Gasteiger partial charge < -0.3 is 4.90 Å². The Morgan fingerprint density at radius 1 is 0.935 bits per heavy atom. The molecule has 10 heteroatoms. The summed E-state index contributed by atoms with van der Waals surface area (Å²) in [5.74, 6) is 1.71. The van der Waals surface area contributed by atoms with Crippen LogP contribution in [0.15, 0.2) is 53.6 Å². The first-order chi connectivity index (χ1) is 15.2. The zero-order valence-corrected chi connectivity index (χ0v) is 17.3. The van der Waals surface area contributed by atoms with Crippen LogP contribution in [0, 0.1) is 6.92 Å². The molecule has 4 aromatic rings. The molecule has 5 heterocycles. The number of aromatic nitrogens is 7. The Balaban J connectivity index is 1.21. The van der Waals surface area contributed by atoms with E-state index in [-0.39, 0.29) is 5.56 Å². The minimum atomic E-state index is -0.0897. The number of aryl methyl sites for hydroxylation is 1. The molecule has 0 amide bonds. The van der Waals surface area contributed by atoms with Gasteiger partial charge in [-0.05, 0) is 37.3 Å². The predicted octanol–water partition coefficient (Wildman–Crippen LogP) is 0.874. The number of hydrogen-bond donors (Lipinski definition) is 0. The maximum Gasteiger partial charge on any atom is 0.266 e. The summed E-state index contributed by atoms with van der Waals surface area (Å²) < 4.78 is 3.31. The molecule has 1 aliphatic rings. The van der Waals surface area contributed by atoms with Crippen molar-refractivity contribution in [1.29, 1.82) is 0 Å². The van der Waals surface area contributed by atoms with Gasteiger partial charge >= 0.3 is 0 Å². The third kappa shape index (κ3) is 4.02. The summed E-state index contributed by atoms with van der Waals surface area (Å²) in [6.07, 6.45) is 3.48. The first-order valence-electron chi connectivity index (χ1n) is 10.3. The molecule has 1 fully saturated rings. The Morgan fingerprint density at radius 2 is 1.81 bits per heavy atom. The van der Waals surface area contributed by atoms with Crippen LogP contribution in [-0.2, 0) is 6.54 Å². The third-order valence-corrected chi connectivity index (χ3v) is 5.55. The largest absolute Gasteiger partial charge is 0.353 e. The summed E-state index contributed by atoms with van der Waals surface area (Å²) in [5, 5.41) is 17.3. The molecule has 5 rings (SSSR count). The van der Waals surface area contributed by atoms with Gasteiger partial charge in [0.15, 0.2) is 11.5 Å². The van der Waals surface area contributed by atoms with E-state index in [1.165, 1.54) is 0 Å². The molecule has 1 aliphatic heterocycles. The zero-order valence-electron chi connectivity index (χ0n) is 17.3. The molecule has 0 aliphatic carbocycles. The van der Waals surface area contributed by atoms with Gasteiger partial charge in [0.2, 0.25) is 0 Å². The summed E-state index contributed by atoms with van der Waals surface area (Å²) in [7, 11) is 0. The van der Waals surface area contributed by atoms with Gasteiger partial charge in [-0.3, -0.25) is 14.7 Å². The molecule has 0 radical (unpaired) electrons. The maximum absolute atomic E-state index is 12.3. The van der Waals surface area contributed by atoms with Crippen molar-refractivity contribution in [2.75, 3.05) is 37.6 Å². The molecule has 10 nitrogen and oxygen atoms in total. The number of fused-ring (bicyclic) bond motifs is 1. The second kappa shape index (κ2) is 8.23. The topological polar surface area (TPSA) is 97.3 Å². The molecule has 0 N–H and O–H groups in total. The van der Waals surface area contributed by atoms with Crippen molar-refractivity contribution in [1.82, 2.24) is 39.5 Å². The molecular weight excluding hydrogens is 394 g/mol. The van der Waals surface area contributed by atoms with E-state index < -0.39 is 0 Å². The highest BCUT2D eigenvalue weighted by Gasteiger charge is 2.19. The van der Waals surface area contributed by atoms with Gasteiger partial charge in [0, 0.05) is 56.7 Å². The van der Waals surface area contributed by atoms with Crippen LogP contribution in [0.4, 0.5) is 5.82 Å². The zero-order chi connectivity index (χ0) is 21.2. The maximum atomic E-state index is 12.3. The molecule has 1 saturated heterocycles. The predicted molar refractivity (Wildman–Crippen MR) is 116 cm³/mol. The number of piperazine rings is 1. The van der Waals surface area contributed by atoms with E-state index in [9.17, 15) is 4.79 Å². The second-order valence-corrected chi connectivity index (χ2v) is 7.56. The van der Waals surface area contributed by atoms with Gasteiger partial charge in [-0.1, -0.05) is 0 Å². The molecule has 0 aromatic carbocycles. The van der Waals surface area contributed by atoms with Crippen molar-refractivity contribution in [2.45, 2.75) is 13.5 Å². The Bertz CT molecular complexity index is 1240. The summed E-state index contributed by atoms with van der Waals surface area (Å²) in [6, 6.07) is 11.1. The molecule has 0 unspecified atom stereocenters. The molecule has 0 saturated carbocycles. The highest BCUT2D eigenvalue weighted by molar-refractivity contribution is 5.56. The average molecular weight is 417 g/mol. The van der Waals surface area contributed by atoms with Crippen LogP contribution >= 0.6 is 0 Å². The van der Waals surface area contributed by atoms with Gasteiger partial charge in [-0.2, -0.15) is 9.61 Å². The van der Waals surface area contributed by atoms with E-state index in [0.717, 1.165) is 61.3 Å². The van der Waals surface area contributed by atoms with Crippen LogP contribution in [0.2, 0.25) is 0 Å². The van der Waals surface area contributed by atoms with E-state index in [1.807, 2.05) is 31.2 Å². The van der Waals surface area contributed by atoms with Gasteiger partial charge in [0.05, 0.1) is 12.2 Å². The Morgan fingerprint density at radius 3 is 2.61 bits per heavy atom. The fraction of sp³-hybridized carbons (Fsp3) is 0.333. The van der Waals surface area contributed by atoms with E-state index in [2.05, 4.69) is 35.2 Å². The molecule has 31 heavy (non-hydrogen) atoms. The summed E-state index contributed by atoms with van der Waals surface area (Å²) in [6.45, 7) is 6.77. The lowest BCUT2D eigenvalue weighted by molar-refractivity contribution is 0.242. The molecule has 0 spiro atoms. The second-order valence-electron chi connectivity index (χ2n) is 7.56. The van der Waals surface area contributed by atoms with E-state index >= 15 is 0 Å². The monoisotopic (exact) mass is 417 g/mol. The van der Waals surface area contributed by atoms with Crippen LogP contribution in [0.3, 0.4) is 0 Å². The Kier molecular flexibility index (Phi) is 5.13. The van der Waals surface area contributed by atoms with Gasteiger partial charge in [0.1, 0.15) is 5.82 Å². The standard InChI is InChI=1S/C21H23N9O/c1-16-23-24-19-5-6-20(26-30(16)19)28-12-9-27(10-13-28)11-14-29-21(31)7-4-18(25-29)17-3-2-8-22-15-17/h2-8,15H,9-14H2,1H3. The van der Waals surface area contributed by atoms with Gasteiger partial charge in [-0.25, -0.2) is 4.68 Å². The molecule has 158 valence electrons. The van der Waals surface area contributed by atoms with Crippen LogP contribution in [0.25, 0.3) is 16.9 Å². The first-order valence-corrected chi connectivity index (χ1v) is 10.3. The van der Waals surface area contributed by atoms with E-state index in [0.29, 0.717) is 6.54 Å². The van der Waals surface area contributed by atoms with Gasteiger partial charge in [-0.15, -0.1) is 15.3 Å². The number of pyridine rings is 1. The number of nitrogens with zero attached hydrogens (tertiary/aromatic N) is 9. The number of rotatable bonds is 5. The highest BCUT2D eigenvalue weighted by Crippen LogP contribution is 2.15. The summed E-state index contributed by atoms with van der Waals surface area (Å²) >= 11 is 0. The SMILES string of the molecule is Cc1nnc2ccc(N3CCN(CCn4nc(-c5cccnc5)ccc4=O)CC3)nn12. The van der Waals surface area contributed by atoms with E-state index in [1.54, 1.807) is 33.7 Å². The van der Waals surface area contributed by atoms with Crippen molar-refractivity contribution in [2.24, 2.45) is 0 Å². The van der Waals surface area contributed by atoms with Crippen molar-refractivity contribution in [3.8, 4) is 11.3 Å². The lowest BCUT2D eigenvalue weighted by Crippen LogP contribution is -2.48.